The Morgan fingerprint density at radius 3 is 2.50 bits per heavy atom. The number of piperidine rings is 1. The molecule has 0 atom stereocenters. The lowest BCUT2D eigenvalue weighted by Crippen LogP contribution is -2.40. The van der Waals surface area contributed by atoms with Gasteiger partial charge in [-0.15, -0.1) is 24.0 Å². The lowest BCUT2D eigenvalue weighted by Gasteiger charge is -2.30. The van der Waals surface area contributed by atoms with E-state index in [4.69, 9.17) is 9.73 Å². The van der Waals surface area contributed by atoms with Gasteiger partial charge in [0.25, 0.3) is 0 Å². The van der Waals surface area contributed by atoms with Gasteiger partial charge < -0.3 is 20.1 Å². The summed E-state index contributed by atoms with van der Waals surface area (Å²) < 4.78 is 5.18. The van der Waals surface area contributed by atoms with Crippen LogP contribution in [0.15, 0.2) is 53.5 Å². The molecule has 1 aliphatic heterocycles. The second-order valence-electron chi connectivity index (χ2n) is 6.15. The monoisotopic (exact) mass is 467 g/mol. The van der Waals surface area contributed by atoms with Gasteiger partial charge in [-0.2, -0.15) is 0 Å². The molecule has 2 N–H and O–H groups in total. The molecule has 0 radical (unpaired) electrons. The number of phenolic OH excluding ortho intramolecular Hbond substituents is 1. The van der Waals surface area contributed by atoms with E-state index in [2.05, 4.69) is 10.2 Å². The molecule has 3 rings (SSSR count). The largest absolute Gasteiger partial charge is 0.504 e. The molecular formula is C20H26IN3O2. The number of hydrogen-bond donors (Lipinski definition) is 2. The van der Waals surface area contributed by atoms with Crippen LogP contribution < -0.4 is 10.1 Å². The highest BCUT2D eigenvalue weighted by Crippen LogP contribution is 2.29. The van der Waals surface area contributed by atoms with Gasteiger partial charge in [-0.3, -0.25) is 0 Å². The maximum Gasteiger partial charge on any atom is 0.198 e. The number of para-hydroxylation sites is 2. The Balaban J connectivity index is 0.00000243. The number of phenols is 1. The number of anilines is 1. The number of rotatable bonds is 4. The van der Waals surface area contributed by atoms with Crippen molar-refractivity contribution in [3.63, 3.8) is 0 Å². The number of ether oxygens (including phenoxy) is 1. The van der Waals surface area contributed by atoms with Crippen LogP contribution in [0, 0.1) is 0 Å². The van der Waals surface area contributed by atoms with E-state index in [1.54, 1.807) is 13.2 Å². The number of hydrogen-bond acceptors (Lipinski definition) is 3. The number of nitrogens with zero attached hydrogens (tertiary/aromatic N) is 2. The zero-order valence-electron chi connectivity index (χ0n) is 15.0. The van der Waals surface area contributed by atoms with Crippen LogP contribution in [0.2, 0.25) is 0 Å². The fourth-order valence-corrected chi connectivity index (χ4v) is 3.00. The first kappa shape index (κ1) is 20.4. The van der Waals surface area contributed by atoms with E-state index in [-0.39, 0.29) is 29.7 Å². The second-order valence-corrected chi connectivity index (χ2v) is 6.15. The van der Waals surface area contributed by atoms with Crippen LogP contribution in [-0.2, 0) is 6.54 Å². The average Bonchev–Trinajstić information content (AvgIpc) is 2.67. The number of halogens is 1. The summed E-state index contributed by atoms with van der Waals surface area (Å²) in [6, 6.07) is 15.6. The Kier molecular flexibility index (Phi) is 8.03. The minimum Gasteiger partial charge on any atom is -0.504 e. The van der Waals surface area contributed by atoms with Crippen LogP contribution in [0.25, 0.3) is 0 Å². The number of guanidine groups is 1. The van der Waals surface area contributed by atoms with Crippen LogP contribution in [0.4, 0.5) is 5.69 Å². The second kappa shape index (κ2) is 10.3. The van der Waals surface area contributed by atoms with Crippen molar-refractivity contribution in [1.29, 1.82) is 0 Å². The molecule has 1 aliphatic rings. The first-order chi connectivity index (χ1) is 12.3. The van der Waals surface area contributed by atoms with Gasteiger partial charge in [-0.25, -0.2) is 4.99 Å². The number of nitrogens with one attached hydrogen (secondary N) is 1. The summed E-state index contributed by atoms with van der Waals surface area (Å²) in [5.74, 6) is 1.49. The maximum absolute atomic E-state index is 10.3. The molecular weight excluding hydrogens is 441 g/mol. The summed E-state index contributed by atoms with van der Waals surface area (Å²) in [5.41, 5.74) is 1.77. The molecule has 0 spiro atoms. The standard InChI is InChI=1S/C20H25N3O2.HI/c1-25-18-12-8-9-16(19(18)24)15-21-20(23-13-6-3-7-14-23)22-17-10-4-2-5-11-17;/h2,4-5,8-12,24H,3,6-7,13-15H2,1H3,(H,21,22);1H. The molecule has 26 heavy (non-hydrogen) atoms. The molecule has 0 bridgehead atoms. The molecule has 140 valence electrons. The summed E-state index contributed by atoms with van der Waals surface area (Å²) in [6.45, 7) is 2.40. The highest BCUT2D eigenvalue weighted by molar-refractivity contribution is 14.0. The molecule has 1 fully saturated rings. The molecule has 1 saturated heterocycles. The molecule has 0 saturated carbocycles. The highest BCUT2D eigenvalue weighted by Gasteiger charge is 2.15. The molecule has 2 aromatic rings. The minimum absolute atomic E-state index is 0. The van der Waals surface area contributed by atoms with Gasteiger partial charge >= 0.3 is 0 Å². The van der Waals surface area contributed by atoms with Crippen LogP contribution in [0.3, 0.4) is 0 Å². The van der Waals surface area contributed by atoms with Crippen molar-refractivity contribution >= 4 is 35.6 Å². The Hall–Kier alpha value is -1.96. The normalized spacial score (nSPS) is 14.5. The van der Waals surface area contributed by atoms with Gasteiger partial charge in [0.15, 0.2) is 17.5 Å². The topological polar surface area (TPSA) is 57.1 Å². The first-order valence-corrected chi connectivity index (χ1v) is 8.74. The Bertz CT molecular complexity index is 716. The van der Waals surface area contributed by atoms with E-state index in [1.807, 2.05) is 42.5 Å². The van der Waals surface area contributed by atoms with Crippen molar-refractivity contribution in [3.8, 4) is 11.5 Å². The third kappa shape index (κ3) is 5.27. The fraction of sp³-hybridized carbons (Fsp3) is 0.350. The van der Waals surface area contributed by atoms with Gasteiger partial charge in [0.05, 0.1) is 13.7 Å². The maximum atomic E-state index is 10.3. The number of aromatic hydroxyl groups is 1. The van der Waals surface area contributed by atoms with E-state index in [9.17, 15) is 5.11 Å². The van der Waals surface area contributed by atoms with E-state index in [0.29, 0.717) is 12.3 Å². The molecule has 5 nitrogen and oxygen atoms in total. The molecule has 2 aromatic carbocycles. The molecule has 1 heterocycles. The summed E-state index contributed by atoms with van der Waals surface area (Å²) in [7, 11) is 1.55. The molecule has 0 amide bonds. The number of aliphatic imine (C=N–C) groups is 1. The summed E-state index contributed by atoms with van der Waals surface area (Å²) in [4.78, 5) is 7.05. The predicted octanol–water partition coefficient (Wildman–Crippen LogP) is 4.47. The van der Waals surface area contributed by atoms with Gasteiger partial charge in [-0.1, -0.05) is 30.3 Å². The van der Waals surface area contributed by atoms with Crippen LogP contribution in [0.1, 0.15) is 24.8 Å². The van der Waals surface area contributed by atoms with Crippen molar-refractivity contribution in [2.75, 3.05) is 25.5 Å². The van der Waals surface area contributed by atoms with Crippen molar-refractivity contribution in [3.05, 3.63) is 54.1 Å². The van der Waals surface area contributed by atoms with Crippen LogP contribution in [0.5, 0.6) is 11.5 Å². The van der Waals surface area contributed by atoms with Gasteiger partial charge in [0.2, 0.25) is 0 Å². The number of benzene rings is 2. The van der Waals surface area contributed by atoms with E-state index in [0.717, 1.165) is 30.3 Å². The third-order valence-electron chi connectivity index (χ3n) is 4.39. The van der Waals surface area contributed by atoms with E-state index in [1.165, 1.54) is 19.3 Å². The van der Waals surface area contributed by atoms with E-state index >= 15 is 0 Å². The minimum atomic E-state index is 0. The smallest absolute Gasteiger partial charge is 0.198 e. The van der Waals surface area contributed by atoms with Crippen molar-refractivity contribution in [2.24, 2.45) is 4.99 Å². The molecule has 0 unspecified atom stereocenters. The summed E-state index contributed by atoms with van der Waals surface area (Å²) in [6.07, 6.45) is 3.63. The van der Waals surface area contributed by atoms with Crippen LogP contribution >= 0.6 is 24.0 Å². The molecule has 6 heteroatoms. The zero-order chi connectivity index (χ0) is 17.5. The Morgan fingerprint density at radius 1 is 1.08 bits per heavy atom. The van der Waals surface area contributed by atoms with Crippen molar-refractivity contribution in [2.45, 2.75) is 25.8 Å². The van der Waals surface area contributed by atoms with Gasteiger partial charge in [0.1, 0.15) is 0 Å². The predicted molar refractivity (Wildman–Crippen MR) is 117 cm³/mol. The molecule has 0 aliphatic carbocycles. The Morgan fingerprint density at radius 2 is 1.81 bits per heavy atom. The summed E-state index contributed by atoms with van der Waals surface area (Å²) >= 11 is 0. The zero-order valence-corrected chi connectivity index (χ0v) is 17.3. The summed E-state index contributed by atoms with van der Waals surface area (Å²) in [5, 5.41) is 13.7. The van der Waals surface area contributed by atoms with Gasteiger partial charge in [-0.05, 0) is 37.5 Å². The highest BCUT2D eigenvalue weighted by atomic mass is 127. The van der Waals surface area contributed by atoms with Crippen molar-refractivity contribution < 1.29 is 9.84 Å². The first-order valence-electron chi connectivity index (χ1n) is 8.74. The van der Waals surface area contributed by atoms with E-state index < -0.39 is 0 Å². The fourth-order valence-electron chi connectivity index (χ4n) is 3.00. The number of methoxy groups -OCH3 is 1. The SMILES string of the molecule is COc1cccc(CN=C(Nc2ccccc2)N2CCCCC2)c1O.I. The molecule has 0 aromatic heterocycles. The lowest BCUT2D eigenvalue weighted by molar-refractivity contribution is 0.340. The Labute approximate surface area is 172 Å². The third-order valence-corrected chi connectivity index (χ3v) is 4.39. The van der Waals surface area contributed by atoms with Gasteiger partial charge in [0, 0.05) is 24.3 Å². The van der Waals surface area contributed by atoms with Crippen LogP contribution in [-0.4, -0.2) is 36.2 Å². The lowest BCUT2D eigenvalue weighted by atomic mass is 10.1. The van der Waals surface area contributed by atoms with Crippen molar-refractivity contribution in [1.82, 2.24) is 4.90 Å². The average molecular weight is 467 g/mol. The quantitative estimate of drug-likeness (QED) is 0.396. The number of likely N-dealkylation sites (tertiary alicyclic amines) is 1.